The predicted octanol–water partition coefficient (Wildman–Crippen LogP) is 8.19. The van der Waals surface area contributed by atoms with Gasteiger partial charge in [-0.05, 0) is 97.3 Å². The molecule has 0 bridgehead atoms. The number of azide groups is 1. The molecule has 0 aromatic carbocycles. The van der Waals surface area contributed by atoms with Gasteiger partial charge in [0.25, 0.3) is 0 Å². The molecule has 0 aromatic rings. The maximum Gasteiger partial charge on any atom is 0.302 e. The first kappa shape index (κ1) is 26.4. The summed E-state index contributed by atoms with van der Waals surface area (Å²) in [5, 5.41) is 3.34. The Bertz CT molecular complexity index is 735. The Morgan fingerprint density at radius 3 is 2.45 bits per heavy atom. The van der Waals surface area contributed by atoms with Crippen LogP contribution in [0.25, 0.3) is 10.4 Å². The Labute approximate surface area is 202 Å². The summed E-state index contributed by atoms with van der Waals surface area (Å²) in [7, 11) is 0. The number of hydrogen-bond acceptors (Lipinski definition) is 3. The number of carbonyl (C=O) groups excluding carboxylic acids is 1. The van der Waals surface area contributed by atoms with E-state index in [9.17, 15) is 4.79 Å². The van der Waals surface area contributed by atoms with E-state index in [-0.39, 0.29) is 17.5 Å². The fourth-order valence-corrected chi connectivity index (χ4v) is 8.81. The van der Waals surface area contributed by atoms with Crippen molar-refractivity contribution >= 4 is 5.97 Å². The molecule has 1 unspecified atom stereocenters. The topological polar surface area (TPSA) is 75.1 Å². The molecule has 0 radical (unpaired) electrons. The van der Waals surface area contributed by atoms with Crippen molar-refractivity contribution in [2.75, 3.05) is 6.54 Å². The van der Waals surface area contributed by atoms with Crippen molar-refractivity contribution in [3.8, 4) is 0 Å². The van der Waals surface area contributed by atoms with Gasteiger partial charge in [-0.15, -0.1) is 0 Å². The highest BCUT2D eigenvalue weighted by Crippen LogP contribution is 2.69. The normalized spacial score (nSPS) is 45.9. The van der Waals surface area contributed by atoms with Gasteiger partial charge in [0.2, 0.25) is 0 Å². The van der Waals surface area contributed by atoms with Crippen molar-refractivity contribution in [1.29, 1.82) is 0 Å². The summed E-state index contributed by atoms with van der Waals surface area (Å²) >= 11 is 0. The Morgan fingerprint density at radius 2 is 1.82 bits per heavy atom. The molecule has 10 atom stereocenters. The summed E-state index contributed by atoms with van der Waals surface area (Å²) in [4.78, 5) is 14.3. The van der Waals surface area contributed by atoms with E-state index in [1.807, 2.05) is 0 Å². The largest absolute Gasteiger partial charge is 0.462 e. The van der Waals surface area contributed by atoms with Crippen LogP contribution in [0, 0.1) is 52.3 Å². The lowest BCUT2D eigenvalue weighted by Gasteiger charge is -2.64. The van der Waals surface area contributed by atoms with Crippen molar-refractivity contribution in [2.45, 2.75) is 112 Å². The minimum atomic E-state index is -0.0869. The van der Waals surface area contributed by atoms with Gasteiger partial charge >= 0.3 is 5.97 Å². The van der Waals surface area contributed by atoms with Gasteiger partial charge in [0.15, 0.2) is 0 Å². The molecule has 0 aliphatic heterocycles. The number of hydrogen-bond donors (Lipinski definition) is 0. The van der Waals surface area contributed by atoms with Gasteiger partial charge in [0.1, 0.15) is 6.10 Å². The van der Waals surface area contributed by atoms with Gasteiger partial charge in [-0.25, -0.2) is 0 Å². The van der Waals surface area contributed by atoms with Crippen molar-refractivity contribution in [3.63, 3.8) is 0 Å². The van der Waals surface area contributed by atoms with Crippen LogP contribution in [0.5, 0.6) is 0 Å². The lowest BCUT2D eigenvalue weighted by molar-refractivity contribution is -0.181. The number of carbonyl (C=O) groups is 1. The molecule has 4 aliphatic rings. The molecular weight excluding hydrogens is 410 g/mol. The molecule has 5 nitrogen and oxygen atoms in total. The molecule has 0 saturated heterocycles. The smallest absolute Gasteiger partial charge is 0.302 e. The minimum absolute atomic E-state index is 0.0869. The van der Waals surface area contributed by atoms with E-state index in [0.717, 1.165) is 54.8 Å². The van der Waals surface area contributed by atoms with Crippen LogP contribution in [0.1, 0.15) is 106 Å². The maximum absolute atomic E-state index is 11.7. The molecule has 4 fully saturated rings. The first-order chi connectivity index (χ1) is 15.6. The molecular formula is C28H49N3O2. The molecule has 0 heterocycles. The Balaban J connectivity index is 0.000000383. The van der Waals surface area contributed by atoms with Gasteiger partial charge in [-0.1, -0.05) is 59.5 Å². The van der Waals surface area contributed by atoms with Gasteiger partial charge < -0.3 is 4.74 Å². The summed E-state index contributed by atoms with van der Waals surface area (Å²) in [6.45, 7) is 16.9. The quantitative estimate of drug-likeness (QED) is 0.140. The van der Waals surface area contributed by atoms with E-state index in [1.165, 1.54) is 38.5 Å². The summed E-state index contributed by atoms with van der Waals surface area (Å²) in [5.74, 6) is 5.72. The molecule has 0 aromatic heterocycles. The lowest BCUT2D eigenvalue weighted by atomic mass is 9.41. The van der Waals surface area contributed by atoms with Crippen LogP contribution >= 0.6 is 0 Å². The Hall–Kier alpha value is -1.22. The second-order valence-electron chi connectivity index (χ2n) is 12.6. The van der Waals surface area contributed by atoms with E-state index in [4.69, 9.17) is 10.3 Å². The molecule has 4 aliphatic carbocycles. The third-order valence-electron chi connectivity index (χ3n) is 10.8. The molecule has 5 heteroatoms. The second-order valence-corrected chi connectivity index (χ2v) is 12.6. The first-order valence-corrected chi connectivity index (χ1v) is 13.8. The zero-order chi connectivity index (χ0) is 24.4. The number of esters is 1. The second kappa shape index (κ2) is 10.6. The average Bonchev–Trinajstić information content (AvgIpc) is 3.08. The van der Waals surface area contributed by atoms with Gasteiger partial charge in [-0.2, -0.15) is 0 Å². The van der Waals surface area contributed by atoms with Crippen LogP contribution in [0.2, 0.25) is 0 Å². The lowest BCUT2D eigenvalue weighted by Crippen LogP contribution is -2.59. The summed E-state index contributed by atoms with van der Waals surface area (Å²) in [6, 6.07) is 0. The van der Waals surface area contributed by atoms with Crippen LogP contribution in [-0.2, 0) is 9.53 Å². The fraction of sp³-hybridized carbons (Fsp3) is 0.964. The third-order valence-corrected chi connectivity index (χ3v) is 10.8. The Kier molecular flexibility index (Phi) is 8.46. The third kappa shape index (κ3) is 4.95. The number of ether oxygens (including phenoxy) is 1. The molecule has 0 amide bonds. The SMILES string of the molecule is CC(=O)O[C@H]1CC[C@H]2[C@@H]3[C@H](C)C[C@@H]4CC(C)CC[C@]4(C)[C@H]3C[C@H](C)[C@]12C.CCCCN=[N+]=[N-]. The highest BCUT2D eigenvalue weighted by atomic mass is 16.5. The van der Waals surface area contributed by atoms with Gasteiger partial charge in [-0.3, -0.25) is 4.79 Å². The number of fused-ring (bicyclic) bond motifs is 5. The molecule has 33 heavy (non-hydrogen) atoms. The van der Waals surface area contributed by atoms with Crippen molar-refractivity contribution < 1.29 is 9.53 Å². The molecule has 188 valence electrons. The number of nitrogens with zero attached hydrogens (tertiary/aromatic N) is 3. The molecule has 4 saturated carbocycles. The standard InChI is InChI=1S/C24H40O2.C4H9N3/c1-14-9-10-23(5)18(11-14)12-15(2)22-19-7-8-21(26-17(4)25)24(19,6)16(3)13-20(22)23;1-2-3-4-6-7-5/h14-16,18-22H,7-13H2,1-6H3;2-4H2,1H3/t14?,15-,16+,18+,19+,20+,21+,22+,23+,24+;/m1./s1. The average molecular weight is 460 g/mol. The van der Waals surface area contributed by atoms with Crippen LogP contribution in [0.3, 0.4) is 0 Å². The fourth-order valence-electron chi connectivity index (χ4n) is 8.81. The van der Waals surface area contributed by atoms with E-state index in [1.54, 1.807) is 6.92 Å². The maximum atomic E-state index is 11.7. The molecule has 0 N–H and O–H groups in total. The van der Waals surface area contributed by atoms with E-state index >= 15 is 0 Å². The summed E-state index contributed by atoms with van der Waals surface area (Å²) < 4.78 is 5.88. The van der Waals surface area contributed by atoms with Crippen molar-refractivity contribution in [3.05, 3.63) is 10.4 Å². The zero-order valence-electron chi connectivity index (χ0n) is 22.3. The van der Waals surface area contributed by atoms with Crippen molar-refractivity contribution in [1.82, 2.24) is 0 Å². The van der Waals surface area contributed by atoms with Crippen LogP contribution in [0.15, 0.2) is 5.11 Å². The van der Waals surface area contributed by atoms with E-state index < -0.39 is 0 Å². The van der Waals surface area contributed by atoms with Gasteiger partial charge in [0, 0.05) is 23.8 Å². The predicted molar refractivity (Wildman–Crippen MR) is 134 cm³/mol. The Morgan fingerprint density at radius 1 is 1.09 bits per heavy atom. The van der Waals surface area contributed by atoms with E-state index in [0.29, 0.717) is 17.9 Å². The van der Waals surface area contributed by atoms with Crippen molar-refractivity contribution in [2.24, 2.45) is 57.4 Å². The monoisotopic (exact) mass is 459 g/mol. The minimum Gasteiger partial charge on any atom is -0.462 e. The van der Waals surface area contributed by atoms with Crippen LogP contribution in [-0.4, -0.2) is 18.6 Å². The summed E-state index contributed by atoms with van der Waals surface area (Å²) in [6.07, 6.45) is 11.7. The van der Waals surface area contributed by atoms with Crippen LogP contribution < -0.4 is 0 Å². The molecule has 4 rings (SSSR count). The van der Waals surface area contributed by atoms with E-state index in [2.05, 4.69) is 51.6 Å². The van der Waals surface area contributed by atoms with Gasteiger partial charge in [0.05, 0.1) is 0 Å². The number of rotatable bonds is 4. The zero-order valence-corrected chi connectivity index (χ0v) is 22.3. The summed E-state index contributed by atoms with van der Waals surface area (Å²) in [5.41, 5.74) is 8.49. The first-order valence-electron chi connectivity index (χ1n) is 13.8. The molecule has 0 spiro atoms. The van der Waals surface area contributed by atoms with Crippen LogP contribution in [0.4, 0.5) is 0 Å². The number of unbranched alkanes of at least 4 members (excludes halogenated alkanes) is 1. The highest BCUT2D eigenvalue weighted by molar-refractivity contribution is 5.66. The highest BCUT2D eigenvalue weighted by Gasteiger charge is 2.64.